The third-order valence-corrected chi connectivity index (χ3v) is 5.68. The number of fused-ring (bicyclic) bond motifs is 3. The van der Waals surface area contributed by atoms with Crippen molar-refractivity contribution < 1.29 is 9.53 Å². The van der Waals surface area contributed by atoms with Crippen LogP contribution in [-0.4, -0.2) is 29.7 Å². The Hall–Kier alpha value is -2.18. The fraction of sp³-hybridized carbons (Fsp3) is 0.333. The maximum absolute atomic E-state index is 12.6. The lowest BCUT2D eigenvalue weighted by Crippen LogP contribution is -2.31. The molecule has 1 saturated heterocycles. The van der Waals surface area contributed by atoms with Gasteiger partial charge in [0.1, 0.15) is 0 Å². The van der Waals surface area contributed by atoms with Gasteiger partial charge in [-0.2, -0.15) is 0 Å². The summed E-state index contributed by atoms with van der Waals surface area (Å²) in [6.07, 6.45) is 2.14. The van der Waals surface area contributed by atoms with Gasteiger partial charge in [-0.05, 0) is 25.0 Å². The molecule has 0 bridgehead atoms. The summed E-state index contributed by atoms with van der Waals surface area (Å²) < 4.78 is 8.03. The van der Waals surface area contributed by atoms with E-state index in [1.165, 1.54) is 11.3 Å². The van der Waals surface area contributed by atoms with E-state index in [1.54, 1.807) is 17.7 Å². The number of para-hydroxylation sites is 1. The number of aromatic nitrogens is 1. The topological polar surface area (TPSA) is 60.3 Å². The maximum atomic E-state index is 12.6. The van der Waals surface area contributed by atoms with Gasteiger partial charge in [0.15, 0.2) is 0 Å². The highest BCUT2D eigenvalue weighted by Gasteiger charge is 2.19. The molecule has 24 heavy (non-hydrogen) atoms. The number of ether oxygens (including phenoxy) is 1. The lowest BCUT2D eigenvalue weighted by Gasteiger charge is -2.09. The summed E-state index contributed by atoms with van der Waals surface area (Å²) in [7, 11) is 1.76. The number of carbonyl (C=O) groups excluding carboxylic acids is 1. The highest BCUT2D eigenvalue weighted by Crippen LogP contribution is 2.30. The summed E-state index contributed by atoms with van der Waals surface area (Å²) in [6.45, 7) is 1.29. The number of nitrogens with one attached hydrogen (secondary N) is 1. The molecule has 2 aromatic heterocycles. The average molecular weight is 342 g/mol. The number of aryl methyl sites for hydroxylation is 1. The number of hydrogen-bond acceptors (Lipinski definition) is 4. The molecule has 1 aliphatic rings. The molecule has 4 rings (SSSR count). The Bertz CT molecular complexity index is 983. The standard InChI is InChI=1S/C18H18N2O3S/c1-20-14-7-3-2-6-12(14)16-13(18(20)22)9-15(24-16)17(21)19-10-11-5-4-8-23-11/h2-3,6-7,9,11H,4-5,8,10H2,1H3,(H,19,21). The van der Waals surface area contributed by atoms with E-state index in [1.807, 2.05) is 24.3 Å². The van der Waals surface area contributed by atoms with E-state index >= 15 is 0 Å². The Balaban J connectivity index is 1.72. The van der Waals surface area contributed by atoms with Gasteiger partial charge in [-0.25, -0.2) is 0 Å². The van der Waals surface area contributed by atoms with Crippen molar-refractivity contribution in [2.75, 3.05) is 13.2 Å². The van der Waals surface area contributed by atoms with Crippen molar-refractivity contribution >= 4 is 38.2 Å². The predicted molar refractivity (Wildman–Crippen MR) is 95.9 cm³/mol. The van der Waals surface area contributed by atoms with Crippen LogP contribution in [-0.2, 0) is 11.8 Å². The molecule has 1 amide bonds. The molecule has 3 heterocycles. The zero-order chi connectivity index (χ0) is 16.7. The van der Waals surface area contributed by atoms with Gasteiger partial charge in [0.05, 0.1) is 21.9 Å². The first-order valence-electron chi connectivity index (χ1n) is 8.06. The number of benzene rings is 1. The van der Waals surface area contributed by atoms with Crippen LogP contribution in [0.1, 0.15) is 22.5 Å². The smallest absolute Gasteiger partial charge is 0.261 e. The Morgan fingerprint density at radius 1 is 1.38 bits per heavy atom. The second-order valence-corrected chi connectivity index (χ2v) is 7.13. The number of amides is 1. The highest BCUT2D eigenvalue weighted by atomic mass is 32.1. The molecule has 5 nitrogen and oxygen atoms in total. The molecule has 1 unspecified atom stereocenters. The zero-order valence-corrected chi connectivity index (χ0v) is 14.2. The largest absolute Gasteiger partial charge is 0.376 e. The van der Waals surface area contributed by atoms with Gasteiger partial charge < -0.3 is 14.6 Å². The van der Waals surface area contributed by atoms with Crippen LogP contribution in [0, 0.1) is 0 Å². The molecule has 1 N–H and O–H groups in total. The second-order valence-electron chi connectivity index (χ2n) is 6.08. The van der Waals surface area contributed by atoms with Crippen molar-refractivity contribution in [2.45, 2.75) is 18.9 Å². The van der Waals surface area contributed by atoms with Gasteiger partial charge in [0.2, 0.25) is 0 Å². The van der Waals surface area contributed by atoms with Crippen LogP contribution in [0.3, 0.4) is 0 Å². The predicted octanol–water partition coefficient (Wildman–Crippen LogP) is 2.66. The van der Waals surface area contributed by atoms with Crippen molar-refractivity contribution in [3.05, 3.63) is 45.6 Å². The molecule has 0 spiro atoms. The van der Waals surface area contributed by atoms with E-state index < -0.39 is 0 Å². The van der Waals surface area contributed by atoms with E-state index in [4.69, 9.17) is 4.74 Å². The Morgan fingerprint density at radius 2 is 2.21 bits per heavy atom. The number of hydrogen-bond donors (Lipinski definition) is 1. The molecule has 1 aliphatic heterocycles. The van der Waals surface area contributed by atoms with Crippen LogP contribution >= 0.6 is 11.3 Å². The Kier molecular flexibility index (Phi) is 3.86. The van der Waals surface area contributed by atoms with Gasteiger partial charge in [-0.15, -0.1) is 11.3 Å². The minimum atomic E-state index is -0.141. The highest BCUT2D eigenvalue weighted by molar-refractivity contribution is 7.21. The lowest BCUT2D eigenvalue weighted by molar-refractivity contribution is 0.0861. The van der Waals surface area contributed by atoms with E-state index in [-0.39, 0.29) is 17.6 Å². The van der Waals surface area contributed by atoms with Gasteiger partial charge in [-0.1, -0.05) is 18.2 Å². The number of thiophene rings is 1. The average Bonchev–Trinajstić information content (AvgIpc) is 3.27. The third-order valence-electron chi connectivity index (χ3n) is 4.52. The molecule has 124 valence electrons. The summed E-state index contributed by atoms with van der Waals surface area (Å²) in [6, 6.07) is 9.48. The van der Waals surface area contributed by atoms with Crippen LogP contribution in [0.5, 0.6) is 0 Å². The van der Waals surface area contributed by atoms with Crippen molar-refractivity contribution in [1.29, 1.82) is 0 Å². The van der Waals surface area contributed by atoms with Crippen molar-refractivity contribution in [1.82, 2.24) is 9.88 Å². The third kappa shape index (κ3) is 2.52. The van der Waals surface area contributed by atoms with Crippen LogP contribution in [0.15, 0.2) is 35.1 Å². The Labute approximate surface area is 142 Å². The number of carbonyl (C=O) groups is 1. The molecule has 1 fully saturated rings. The lowest BCUT2D eigenvalue weighted by atomic mass is 10.1. The molecule has 6 heteroatoms. The fourth-order valence-electron chi connectivity index (χ4n) is 3.21. The minimum Gasteiger partial charge on any atom is -0.376 e. The summed E-state index contributed by atoms with van der Waals surface area (Å²) in [5, 5.41) is 4.52. The SMILES string of the molecule is Cn1c(=O)c2cc(C(=O)NCC3CCCO3)sc2c2ccccc21. The van der Waals surface area contributed by atoms with E-state index in [9.17, 15) is 9.59 Å². The monoisotopic (exact) mass is 342 g/mol. The summed E-state index contributed by atoms with van der Waals surface area (Å²) in [5.74, 6) is -0.141. The molecule has 1 atom stereocenters. The number of pyridine rings is 1. The van der Waals surface area contributed by atoms with E-state index in [2.05, 4.69) is 5.32 Å². The molecule has 3 aromatic rings. The molecular formula is C18H18N2O3S. The first kappa shape index (κ1) is 15.4. The zero-order valence-electron chi connectivity index (χ0n) is 13.4. The van der Waals surface area contributed by atoms with Crippen LogP contribution < -0.4 is 10.9 Å². The second kappa shape index (κ2) is 6.03. The van der Waals surface area contributed by atoms with Crippen LogP contribution in [0.2, 0.25) is 0 Å². The van der Waals surface area contributed by atoms with Crippen molar-refractivity contribution in [2.24, 2.45) is 7.05 Å². The summed E-state index contributed by atoms with van der Waals surface area (Å²) in [5.41, 5.74) is 0.807. The molecule has 0 aliphatic carbocycles. The maximum Gasteiger partial charge on any atom is 0.261 e. The normalized spacial score (nSPS) is 17.6. The quantitative estimate of drug-likeness (QED) is 0.796. The Morgan fingerprint density at radius 3 is 3.00 bits per heavy atom. The number of nitrogens with zero attached hydrogens (tertiary/aromatic N) is 1. The van der Waals surface area contributed by atoms with E-state index in [0.717, 1.165) is 35.1 Å². The van der Waals surface area contributed by atoms with E-state index in [0.29, 0.717) is 16.8 Å². The summed E-state index contributed by atoms with van der Waals surface area (Å²) in [4.78, 5) is 25.6. The molecule has 0 radical (unpaired) electrons. The fourth-order valence-corrected chi connectivity index (χ4v) is 4.31. The van der Waals surface area contributed by atoms with Gasteiger partial charge in [-0.3, -0.25) is 9.59 Å². The molecule has 0 saturated carbocycles. The number of rotatable bonds is 3. The van der Waals surface area contributed by atoms with Gasteiger partial charge in [0.25, 0.3) is 11.5 Å². The first-order valence-corrected chi connectivity index (χ1v) is 8.88. The van der Waals surface area contributed by atoms with Crippen molar-refractivity contribution in [3.63, 3.8) is 0 Å². The summed E-state index contributed by atoms with van der Waals surface area (Å²) >= 11 is 1.37. The van der Waals surface area contributed by atoms with Crippen LogP contribution in [0.25, 0.3) is 21.0 Å². The first-order chi connectivity index (χ1) is 11.6. The molecule has 1 aromatic carbocycles. The van der Waals surface area contributed by atoms with Crippen LogP contribution in [0.4, 0.5) is 0 Å². The minimum absolute atomic E-state index is 0.0712. The van der Waals surface area contributed by atoms with Gasteiger partial charge >= 0.3 is 0 Å². The van der Waals surface area contributed by atoms with Gasteiger partial charge in [0, 0.05) is 30.3 Å². The molecular weight excluding hydrogens is 324 g/mol. The van der Waals surface area contributed by atoms with Crippen molar-refractivity contribution in [3.8, 4) is 0 Å².